The molecule has 2 amide bonds. The number of sulfonamides is 1. The molecule has 0 radical (unpaired) electrons. The van der Waals surface area contributed by atoms with Crippen molar-refractivity contribution in [3.63, 3.8) is 0 Å². The molecule has 0 unspecified atom stereocenters. The van der Waals surface area contributed by atoms with Crippen molar-refractivity contribution in [3.05, 3.63) is 29.8 Å². The van der Waals surface area contributed by atoms with Gasteiger partial charge in [-0.2, -0.15) is 0 Å². The monoisotopic (exact) mass is 395 g/mol. The molecule has 1 aliphatic heterocycles. The number of amides is 2. The van der Waals surface area contributed by atoms with Crippen molar-refractivity contribution in [3.8, 4) is 0 Å². The summed E-state index contributed by atoms with van der Waals surface area (Å²) in [6.07, 6.45) is 2.29. The third kappa shape index (κ3) is 5.29. The lowest BCUT2D eigenvalue weighted by Crippen LogP contribution is -2.55. The standard InChI is InChI=1S/C19H29N3O4S/c1-14(2)9-12-21-18(24)19(3)11-8-17(23)22(19)13-10-15-4-6-16(7-5-15)27(20,25)26/h4-7,14H,8-13H2,1-3H3,(H,21,24)(H2,20,25,26)/t19-/m0/s1. The third-order valence-corrected chi connectivity index (χ3v) is 6.02. The van der Waals surface area contributed by atoms with Crippen molar-refractivity contribution >= 4 is 21.8 Å². The smallest absolute Gasteiger partial charge is 0.245 e. The van der Waals surface area contributed by atoms with Gasteiger partial charge < -0.3 is 10.2 Å². The molecule has 1 fully saturated rings. The molecule has 0 aliphatic carbocycles. The number of hydrogen-bond donors (Lipinski definition) is 2. The minimum atomic E-state index is -3.72. The van der Waals surface area contributed by atoms with Crippen LogP contribution >= 0.6 is 0 Å². The Morgan fingerprint density at radius 2 is 1.93 bits per heavy atom. The van der Waals surface area contributed by atoms with E-state index in [-0.39, 0.29) is 16.7 Å². The van der Waals surface area contributed by atoms with Gasteiger partial charge in [0.05, 0.1) is 4.90 Å². The lowest BCUT2D eigenvalue weighted by atomic mass is 9.97. The van der Waals surface area contributed by atoms with E-state index in [2.05, 4.69) is 19.2 Å². The van der Waals surface area contributed by atoms with Gasteiger partial charge in [0.15, 0.2) is 0 Å². The summed E-state index contributed by atoms with van der Waals surface area (Å²) >= 11 is 0. The van der Waals surface area contributed by atoms with Gasteiger partial charge in [0.1, 0.15) is 5.54 Å². The molecular weight excluding hydrogens is 366 g/mol. The number of nitrogens with one attached hydrogen (secondary N) is 1. The summed E-state index contributed by atoms with van der Waals surface area (Å²) in [4.78, 5) is 26.7. The summed E-state index contributed by atoms with van der Waals surface area (Å²) in [7, 11) is -3.72. The molecule has 2 rings (SSSR count). The summed E-state index contributed by atoms with van der Waals surface area (Å²) in [5.41, 5.74) is 0.0406. The normalized spacial score (nSPS) is 20.3. The van der Waals surface area contributed by atoms with Crippen molar-refractivity contribution in [2.45, 2.75) is 56.9 Å². The number of rotatable bonds is 8. The van der Waals surface area contributed by atoms with Gasteiger partial charge in [-0.1, -0.05) is 26.0 Å². The van der Waals surface area contributed by atoms with Gasteiger partial charge in [-0.05, 0) is 49.8 Å². The summed E-state index contributed by atoms with van der Waals surface area (Å²) < 4.78 is 22.6. The molecule has 1 heterocycles. The number of likely N-dealkylation sites (tertiary alicyclic amines) is 1. The van der Waals surface area contributed by atoms with Crippen LogP contribution < -0.4 is 10.5 Å². The first-order chi connectivity index (χ1) is 12.5. The molecule has 3 N–H and O–H groups in total. The Hall–Kier alpha value is -1.93. The fraction of sp³-hybridized carbons (Fsp3) is 0.579. The van der Waals surface area contributed by atoms with Gasteiger partial charge in [0.25, 0.3) is 0 Å². The van der Waals surface area contributed by atoms with E-state index in [1.54, 1.807) is 17.0 Å². The fourth-order valence-electron chi connectivity index (χ4n) is 3.25. The highest BCUT2D eigenvalue weighted by atomic mass is 32.2. The first kappa shape index (κ1) is 21.4. The molecular formula is C19H29N3O4S. The molecule has 150 valence electrons. The van der Waals surface area contributed by atoms with Crippen molar-refractivity contribution in [1.29, 1.82) is 0 Å². The number of hydrogen-bond acceptors (Lipinski definition) is 4. The largest absolute Gasteiger partial charge is 0.354 e. The molecule has 8 heteroatoms. The molecule has 27 heavy (non-hydrogen) atoms. The van der Waals surface area contributed by atoms with E-state index in [4.69, 9.17) is 5.14 Å². The molecule has 1 aromatic carbocycles. The van der Waals surface area contributed by atoms with E-state index in [1.807, 2.05) is 6.92 Å². The Morgan fingerprint density at radius 1 is 1.30 bits per heavy atom. The van der Waals surface area contributed by atoms with Crippen LogP contribution in [0, 0.1) is 5.92 Å². The fourth-order valence-corrected chi connectivity index (χ4v) is 3.77. The zero-order valence-electron chi connectivity index (χ0n) is 16.2. The lowest BCUT2D eigenvalue weighted by Gasteiger charge is -2.34. The maximum atomic E-state index is 12.7. The highest BCUT2D eigenvalue weighted by Gasteiger charge is 2.46. The number of carbonyl (C=O) groups is 2. The number of nitrogens with zero attached hydrogens (tertiary/aromatic N) is 1. The van der Waals surface area contributed by atoms with Crippen LogP contribution in [-0.4, -0.2) is 43.8 Å². The Labute approximate surface area is 161 Å². The molecule has 0 saturated carbocycles. The maximum absolute atomic E-state index is 12.7. The molecule has 1 saturated heterocycles. The van der Waals surface area contributed by atoms with Crippen LogP contribution in [0.4, 0.5) is 0 Å². The molecule has 1 aromatic rings. The Kier molecular flexibility index (Phi) is 6.64. The van der Waals surface area contributed by atoms with E-state index >= 15 is 0 Å². The van der Waals surface area contributed by atoms with Gasteiger partial charge >= 0.3 is 0 Å². The Morgan fingerprint density at radius 3 is 2.48 bits per heavy atom. The molecule has 7 nitrogen and oxygen atoms in total. The lowest BCUT2D eigenvalue weighted by molar-refractivity contribution is -0.140. The minimum Gasteiger partial charge on any atom is -0.354 e. The topological polar surface area (TPSA) is 110 Å². The van der Waals surface area contributed by atoms with Gasteiger partial charge in [-0.15, -0.1) is 0 Å². The number of carbonyl (C=O) groups excluding carboxylic acids is 2. The second-order valence-corrected chi connectivity index (χ2v) is 9.26. The maximum Gasteiger partial charge on any atom is 0.245 e. The van der Waals surface area contributed by atoms with Crippen LogP contribution in [0.3, 0.4) is 0 Å². The molecule has 0 aromatic heterocycles. The minimum absolute atomic E-state index is 0.0299. The molecule has 0 bridgehead atoms. The number of benzene rings is 1. The highest BCUT2D eigenvalue weighted by molar-refractivity contribution is 7.89. The van der Waals surface area contributed by atoms with Crippen LogP contribution in [-0.2, 0) is 26.0 Å². The third-order valence-electron chi connectivity index (χ3n) is 5.09. The van der Waals surface area contributed by atoms with Gasteiger partial charge in [-0.25, -0.2) is 13.6 Å². The summed E-state index contributed by atoms with van der Waals surface area (Å²) in [6.45, 7) is 7.01. The van der Waals surface area contributed by atoms with Crippen LogP contribution in [0.1, 0.15) is 45.6 Å². The van der Waals surface area contributed by atoms with Crippen LogP contribution in [0.5, 0.6) is 0 Å². The predicted octanol–water partition coefficient (Wildman–Crippen LogP) is 1.42. The first-order valence-corrected chi connectivity index (χ1v) is 10.8. The first-order valence-electron chi connectivity index (χ1n) is 9.24. The molecule has 1 aliphatic rings. The Balaban J connectivity index is 2.02. The van der Waals surface area contributed by atoms with Gasteiger partial charge in [0.2, 0.25) is 21.8 Å². The second kappa shape index (κ2) is 8.39. The molecule has 0 spiro atoms. The summed E-state index contributed by atoms with van der Waals surface area (Å²) in [6, 6.07) is 6.27. The highest BCUT2D eigenvalue weighted by Crippen LogP contribution is 2.30. The second-order valence-electron chi connectivity index (χ2n) is 7.70. The quantitative estimate of drug-likeness (QED) is 0.693. The van der Waals surface area contributed by atoms with Gasteiger partial charge in [0, 0.05) is 19.5 Å². The average Bonchev–Trinajstić information content (AvgIpc) is 2.88. The van der Waals surface area contributed by atoms with Crippen LogP contribution in [0.2, 0.25) is 0 Å². The Bertz CT molecular complexity index is 790. The zero-order valence-corrected chi connectivity index (χ0v) is 17.0. The van der Waals surface area contributed by atoms with Crippen LogP contribution in [0.25, 0.3) is 0 Å². The van der Waals surface area contributed by atoms with E-state index < -0.39 is 15.6 Å². The average molecular weight is 396 g/mol. The van der Waals surface area contributed by atoms with Crippen molar-refractivity contribution in [2.24, 2.45) is 11.1 Å². The van der Waals surface area contributed by atoms with E-state index in [0.717, 1.165) is 12.0 Å². The van der Waals surface area contributed by atoms with Crippen molar-refractivity contribution in [2.75, 3.05) is 13.1 Å². The number of primary sulfonamides is 1. The van der Waals surface area contributed by atoms with E-state index in [9.17, 15) is 18.0 Å². The van der Waals surface area contributed by atoms with E-state index in [1.165, 1.54) is 12.1 Å². The number of nitrogens with two attached hydrogens (primary N) is 1. The zero-order chi connectivity index (χ0) is 20.2. The SMILES string of the molecule is CC(C)CCNC(=O)[C@]1(C)CCC(=O)N1CCc1ccc(S(N)(=O)=O)cc1. The predicted molar refractivity (Wildman–Crippen MR) is 103 cm³/mol. The van der Waals surface area contributed by atoms with Crippen LogP contribution in [0.15, 0.2) is 29.2 Å². The van der Waals surface area contributed by atoms with Crippen molar-refractivity contribution in [1.82, 2.24) is 10.2 Å². The molecule has 1 atom stereocenters. The summed E-state index contributed by atoms with van der Waals surface area (Å²) in [5, 5.41) is 8.06. The van der Waals surface area contributed by atoms with Crippen molar-refractivity contribution < 1.29 is 18.0 Å². The van der Waals surface area contributed by atoms with Gasteiger partial charge in [-0.3, -0.25) is 9.59 Å². The summed E-state index contributed by atoms with van der Waals surface area (Å²) in [5.74, 6) is 0.357. The van der Waals surface area contributed by atoms with E-state index in [0.29, 0.717) is 38.3 Å².